The van der Waals surface area contributed by atoms with E-state index in [0.717, 1.165) is 25.4 Å². The average Bonchev–Trinajstić information content (AvgIpc) is 2.41. The summed E-state index contributed by atoms with van der Waals surface area (Å²) in [6, 6.07) is 1.38. The molecule has 2 unspecified atom stereocenters. The Morgan fingerprint density at radius 2 is 2.23 bits per heavy atom. The Morgan fingerprint density at radius 3 is 2.77 bits per heavy atom. The summed E-state index contributed by atoms with van der Waals surface area (Å²) in [5.74, 6) is 0. The molecular weight excluding hydrogens is 164 g/mol. The molecule has 0 aromatic rings. The van der Waals surface area contributed by atoms with Crippen LogP contribution in [0.4, 0.5) is 0 Å². The van der Waals surface area contributed by atoms with Gasteiger partial charge in [-0.25, -0.2) is 0 Å². The van der Waals surface area contributed by atoms with Crippen LogP contribution in [0.15, 0.2) is 0 Å². The Hall–Kier alpha value is -0.120. The minimum absolute atomic E-state index is 0.322. The molecular formula is C10H22N2O. The number of aliphatic hydroxyl groups excluding tert-OH is 1. The van der Waals surface area contributed by atoms with Crippen LogP contribution in [-0.4, -0.2) is 48.8 Å². The molecule has 0 amide bonds. The molecule has 0 radical (unpaired) electrons. The van der Waals surface area contributed by atoms with E-state index < -0.39 is 0 Å². The first-order valence-corrected chi connectivity index (χ1v) is 5.28. The highest BCUT2D eigenvalue weighted by Gasteiger charge is 2.24. The molecule has 3 heteroatoms. The normalized spacial score (nSPS) is 29.8. The number of rotatable bonds is 5. The van der Waals surface area contributed by atoms with Crippen LogP contribution in [0.2, 0.25) is 0 Å². The Bertz CT molecular complexity index is 131. The van der Waals surface area contributed by atoms with Crippen molar-refractivity contribution in [2.75, 3.05) is 26.7 Å². The SMILES string of the molecule is CC1CC(NCCCCO)CN1C. The molecule has 1 rings (SSSR count). The summed E-state index contributed by atoms with van der Waals surface area (Å²) in [4.78, 5) is 2.39. The van der Waals surface area contributed by atoms with Gasteiger partial charge in [0.05, 0.1) is 0 Å². The predicted molar refractivity (Wildman–Crippen MR) is 54.8 cm³/mol. The Morgan fingerprint density at radius 1 is 1.46 bits per heavy atom. The van der Waals surface area contributed by atoms with Crippen molar-refractivity contribution in [2.24, 2.45) is 0 Å². The quantitative estimate of drug-likeness (QED) is 0.612. The molecule has 0 aromatic heterocycles. The zero-order valence-electron chi connectivity index (χ0n) is 8.79. The fourth-order valence-corrected chi connectivity index (χ4v) is 1.88. The van der Waals surface area contributed by atoms with Crippen LogP contribution in [0.5, 0.6) is 0 Å². The summed E-state index contributed by atoms with van der Waals surface area (Å²) < 4.78 is 0. The van der Waals surface area contributed by atoms with Crippen molar-refractivity contribution in [2.45, 2.75) is 38.3 Å². The van der Waals surface area contributed by atoms with Crippen LogP contribution >= 0.6 is 0 Å². The predicted octanol–water partition coefficient (Wildman–Crippen LogP) is 0.441. The topological polar surface area (TPSA) is 35.5 Å². The molecule has 0 aliphatic carbocycles. The Labute approximate surface area is 81.1 Å². The number of aliphatic hydroxyl groups is 1. The number of hydrogen-bond donors (Lipinski definition) is 2. The number of nitrogens with zero attached hydrogens (tertiary/aromatic N) is 1. The maximum Gasteiger partial charge on any atom is 0.0431 e. The van der Waals surface area contributed by atoms with Gasteiger partial charge >= 0.3 is 0 Å². The van der Waals surface area contributed by atoms with Gasteiger partial charge in [0.25, 0.3) is 0 Å². The number of likely N-dealkylation sites (N-methyl/N-ethyl adjacent to an activating group) is 1. The van der Waals surface area contributed by atoms with Gasteiger partial charge in [-0.2, -0.15) is 0 Å². The number of unbranched alkanes of at least 4 members (excludes halogenated alkanes) is 1. The van der Waals surface area contributed by atoms with Crippen molar-refractivity contribution in [3.63, 3.8) is 0 Å². The summed E-state index contributed by atoms with van der Waals surface area (Å²) in [5, 5.41) is 12.1. The molecule has 0 saturated carbocycles. The van der Waals surface area contributed by atoms with E-state index in [9.17, 15) is 0 Å². The van der Waals surface area contributed by atoms with E-state index in [-0.39, 0.29) is 0 Å². The van der Waals surface area contributed by atoms with E-state index in [1.54, 1.807) is 0 Å². The van der Waals surface area contributed by atoms with Crippen LogP contribution in [0, 0.1) is 0 Å². The molecule has 13 heavy (non-hydrogen) atoms. The van der Waals surface area contributed by atoms with Gasteiger partial charge in [0.2, 0.25) is 0 Å². The maximum atomic E-state index is 8.61. The molecule has 0 aromatic carbocycles. The lowest BCUT2D eigenvalue weighted by molar-refractivity contribution is 0.282. The summed E-state index contributed by atoms with van der Waals surface area (Å²) in [6.07, 6.45) is 3.27. The molecule has 1 aliphatic heterocycles. The average molecular weight is 186 g/mol. The second kappa shape index (κ2) is 5.58. The third-order valence-electron chi connectivity index (χ3n) is 2.90. The fourth-order valence-electron chi connectivity index (χ4n) is 1.88. The highest BCUT2D eigenvalue weighted by Crippen LogP contribution is 2.14. The molecule has 78 valence electrons. The van der Waals surface area contributed by atoms with Gasteiger partial charge in [-0.3, -0.25) is 0 Å². The van der Waals surface area contributed by atoms with Crippen molar-refractivity contribution in [3.8, 4) is 0 Å². The van der Waals surface area contributed by atoms with E-state index >= 15 is 0 Å². The summed E-state index contributed by atoms with van der Waals surface area (Å²) in [5.41, 5.74) is 0. The number of nitrogens with one attached hydrogen (secondary N) is 1. The van der Waals surface area contributed by atoms with E-state index in [1.165, 1.54) is 13.0 Å². The van der Waals surface area contributed by atoms with Crippen molar-refractivity contribution in [1.82, 2.24) is 10.2 Å². The molecule has 1 fully saturated rings. The maximum absolute atomic E-state index is 8.61. The van der Waals surface area contributed by atoms with Crippen LogP contribution in [0.25, 0.3) is 0 Å². The Kier molecular flexibility index (Phi) is 4.70. The van der Waals surface area contributed by atoms with E-state index in [0.29, 0.717) is 12.6 Å². The van der Waals surface area contributed by atoms with Gasteiger partial charge in [-0.15, -0.1) is 0 Å². The molecule has 1 aliphatic rings. The van der Waals surface area contributed by atoms with Crippen LogP contribution in [-0.2, 0) is 0 Å². The number of likely N-dealkylation sites (tertiary alicyclic amines) is 1. The standard InChI is InChI=1S/C10H22N2O/c1-9-7-10(8-12(9)2)11-5-3-4-6-13/h9-11,13H,3-8H2,1-2H3. The van der Waals surface area contributed by atoms with Crippen molar-refractivity contribution < 1.29 is 5.11 Å². The molecule has 3 nitrogen and oxygen atoms in total. The smallest absolute Gasteiger partial charge is 0.0431 e. The lowest BCUT2D eigenvalue weighted by atomic mass is 10.2. The van der Waals surface area contributed by atoms with Gasteiger partial charge in [0, 0.05) is 25.2 Å². The molecule has 2 atom stereocenters. The van der Waals surface area contributed by atoms with Gasteiger partial charge < -0.3 is 15.3 Å². The highest BCUT2D eigenvalue weighted by atomic mass is 16.2. The second-order valence-corrected chi connectivity index (χ2v) is 4.11. The van der Waals surface area contributed by atoms with Gasteiger partial charge in [0.1, 0.15) is 0 Å². The molecule has 0 bridgehead atoms. The zero-order valence-corrected chi connectivity index (χ0v) is 8.79. The third kappa shape index (κ3) is 3.63. The van der Waals surface area contributed by atoms with Crippen molar-refractivity contribution in [1.29, 1.82) is 0 Å². The van der Waals surface area contributed by atoms with E-state index in [4.69, 9.17) is 5.11 Å². The largest absolute Gasteiger partial charge is 0.396 e. The highest BCUT2D eigenvalue weighted by molar-refractivity contribution is 4.84. The van der Waals surface area contributed by atoms with E-state index in [1.807, 2.05) is 0 Å². The first kappa shape index (κ1) is 11.0. The first-order chi connectivity index (χ1) is 6.24. The van der Waals surface area contributed by atoms with Gasteiger partial charge in [0.15, 0.2) is 0 Å². The summed E-state index contributed by atoms with van der Waals surface area (Å²) in [7, 11) is 2.18. The zero-order chi connectivity index (χ0) is 9.68. The summed E-state index contributed by atoms with van der Waals surface area (Å²) in [6.45, 7) is 4.81. The summed E-state index contributed by atoms with van der Waals surface area (Å²) >= 11 is 0. The number of hydrogen-bond acceptors (Lipinski definition) is 3. The van der Waals surface area contributed by atoms with Crippen LogP contribution in [0.1, 0.15) is 26.2 Å². The lowest BCUT2D eigenvalue weighted by Gasteiger charge is -2.13. The Balaban J connectivity index is 2.03. The monoisotopic (exact) mass is 186 g/mol. The third-order valence-corrected chi connectivity index (χ3v) is 2.90. The molecule has 1 heterocycles. The van der Waals surface area contributed by atoms with Gasteiger partial charge in [-0.05, 0) is 39.8 Å². The van der Waals surface area contributed by atoms with Crippen molar-refractivity contribution in [3.05, 3.63) is 0 Å². The minimum atomic E-state index is 0.322. The van der Waals surface area contributed by atoms with Crippen molar-refractivity contribution >= 4 is 0 Å². The molecule has 2 N–H and O–H groups in total. The van der Waals surface area contributed by atoms with E-state index in [2.05, 4.69) is 24.2 Å². The van der Waals surface area contributed by atoms with Crippen LogP contribution < -0.4 is 5.32 Å². The fraction of sp³-hybridized carbons (Fsp3) is 1.00. The first-order valence-electron chi connectivity index (χ1n) is 5.28. The molecule has 1 saturated heterocycles. The van der Waals surface area contributed by atoms with Gasteiger partial charge in [-0.1, -0.05) is 0 Å². The lowest BCUT2D eigenvalue weighted by Crippen LogP contribution is -2.32. The molecule has 0 spiro atoms. The second-order valence-electron chi connectivity index (χ2n) is 4.11. The van der Waals surface area contributed by atoms with Crippen LogP contribution in [0.3, 0.4) is 0 Å². The minimum Gasteiger partial charge on any atom is -0.396 e.